The van der Waals surface area contributed by atoms with Crippen molar-refractivity contribution in [3.05, 3.63) is 70.8 Å². The molecule has 0 unspecified atom stereocenters. The summed E-state index contributed by atoms with van der Waals surface area (Å²) in [6, 6.07) is 12.5. The molecule has 5 nitrogen and oxygen atoms in total. The van der Waals surface area contributed by atoms with Gasteiger partial charge in [-0.25, -0.2) is 0 Å². The predicted molar refractivity (Wildman–Crippen MR) is 109 cm³/mol. The maximum atomic E-state index is 13.1. The summed E-state index contributed by atoms with van der Waals surface area (Å²) in [5.74, 6) is -0.195. The molecule has 2 aliphatic heterocycles. The lowest BCUT2D eigenvalue weighted by atomic mass is 9.94. The number of alkyl halides is 3. The van der Waals surface area contributed by atoms with Gasteiger partial charge in [-0.3, -0.25) is 14.9 Å². The standard InChI is InChI=1S/C23H24F3N3O2/c1-16-5-7-18(8-6-16)21(31)28-11-9-22(10-12-28)27-14-20(30)29(22)15-17-3-2-4-19(13-17)23(24,25)26/h2-8,13,27H,9-12,14-15H2,1H3. The zero-order chi connectivity index (χ0) is 22.2. The van der Waals surface area contributed by atoms with Crippen molar-refractivity contribution in [1.82, 2.24) is 15.1 Å². The van der Waals surface area contributed by atoms with Gasteiger partial charge in [-0.2, -0.15) is 13.2 Å². The van der Waals surface area contributed by atoms with Gasteiger partial charge in [0.1, 0.15) is 0 Å². The van der Waals surface area contributed by atoms with Gasteiger partial charge in [-0.05, 0) is 36.8 Å². The lowest BCUT2D eigenvalue weighted by Gasteiger charge is -2.44. The number of likely N-dealkylation sites (tertiary alicyclic amines) is 1. The van der Waals surface area contributed by atoms with E-state index < -0.39 is 17.4 Å². The van der Waals surface area contributed by atoms with E-state index in [1.54, 1.807) is 28.0 Å². The van der Waals surface area contributed by atoms with Crippen LogP contribution in [0.25, 0.3) is 0 Å². The van der Waals surface area contributed by atoms with Gasteiger partial charge in [-0.1, -0.05) is 29.8 Å². The normalized spacial score (nSPS) is 18.6. The second-order valence-electron chi connectivity index (χ2n) is 8.22. The van der Waals surface area contributed by atoms with Gasteiger partial charge in [0.15, 0.2) is 0 Å². The van der Waals surface area contributed by atoms with E-state index in [4.69, 9.17) is 0 Å². The Bertz CT molecular complexity index is 980. The molecule has 0 saturated carbocycles. The first-order chi connectivity index (χ1) is 14.7. The van der Waals surface area contributed by atoms with Crippen molar-refractivity contribution >= 4 is 11.8 Å². The van der Waals surface area contributed by atoms with Crippen LogP contribution in [-0.2, 0) is 17.5 Å². The van der Waals surface area contributed by atoms with Gasteiger partial charge in [0.25, 0.3) is 5.91 Å². The highest BCUT2D eigenvalue weighted by atomic mass is 19.4. The van der Waals surface area contributed by atoms with Crippen LogP contribution in [-0.4, -0.2) is 46.9 Å². The van der Waals surface area contributed by atoms with E-state index in [1.807, 2.05) is 19.1 Å². The minimum absolute atomic E-state index is 0.0522. The summed E-state index contributed by atoms with van der Waals surface area (Å²) in [6.07, 6.45) is -3.38. The van der Waals surface area contributed by atoms with Gasteiger partial charge in [0.05, 0.1) is 17.8 Å². The van der Waals surface area contributed by atoms with Crippen LogP contribution in [0.3, 0.4) is 0 Å². The van der Waals surface area contributed by atoms with E-state index in [1.165, 1.54) is 6.07 Å². The molecule has 1 N–H and O–H groups in total. The maximum Gasteiger partial charge on any atom is 0.416 e. The maximum absolute atomic E-state index is 13.1. The fourth-order valence-electron chi connectivity index (χ4n) is 4.34. The highest BCUT2D eigenvalue weighted by molar-refractivity contribution is 5.94. The van der Waals surface area contributed by atoms with Crippen LogP contribution in [0.4, 0.5) is 13.2 Å². The largest absolute Gasteiger partial charge is 0.416 e. The predicted octanol–water partition coefficient (Wildman–Crippen LogP) is 3.58. The summed E-state index contributed by atoms with van der Waals surface area (Å²) in [5.41, 5.74) is 0.766. The number of carbonyl (C=O) groups excluding carboxylic acids is 2. The fraction of sp³-hybridized carbons (Fsp3) is 0.391. The van der Waals surface area contributed by atoms with Crippen molar-refractivity contribution in [2.75, 3.05) is 19.6 Å². The molecular formula is C23H24F3N3O2. The van der Waals surface area contributed by atoms with E-state index in [-0.39, 0.29) is 24.9 Å². The first-order valence-corrected chi connectivity index (χ1v) is 10.3. The number of nitrogens with one attached hydrogen (secondary N) is 1. The topological polar surface area (TPSA) is 52.7 Å². The molecule has 164 valence electrons. The van der Waals surface area contributed by atoms with Crippen molar-refractivity contribution in [3.8, 4) is 0 Å². The summed E-state index contributed by atoms with van der Waals surface area (Å²) in [7, 11) is 0. The molecule has 0 aromatic heterocycles. The number of benzene rings is 2. The Morgan fingerprint density at radius 2 is 1.77 bits per heavy atom. The Balaban J connectivity index is 1.47. The Morgan fingerprint density at radius 1 is 1.10 bits per heavy atom. The average Bonchev–Trinajstić information content (AvgIpc) is 3.04. The lowest BCUT2D eigenvalue weighted by molar-refractivity contribution is -0.137. The van der Waals surface area contributed by atoms with Crippen LogP contribution in [0.15, 0.2) is 48.5 Å². The number of hydrogen-bond acceptors (Lipinski definition) is 3. The van der Waals surface area contributed by atoms with Crippen LogP contribution in [0.5, 0.6) is 0 Å². The highest BCUT2D eigenvalue weighted by Crippen LogP contribution is 2.34. The molecule has 0 aliphatic carbocycles. The van der Waals surface area contributed by atoms with Crippen LogP contribution in [0.1, 0.15) is 39.9 Å². The van der Waals surface area contributed by atoms with Crippen molar-refractivity contribution in [2.45, 2.75) is 38.1 Å². The Kier molecular flexibility index (Phi) is 5.51. The molecule has 2 aromatic rings. The van der Waals surface area contributed by atoms with Crippen molar-refractivity contribution in [3.63, 3.8) is 0 Å². The van der Waals surface area contributed by atoms with Crippen LogP contribution < -0.4 is 5.32 Å². The molecule has 31 heavy (non-hydrogen) atoms. The minimum Gasteiger partial charge on any atom is -0.338 e. The third-order valence-electron chi connectivity index (χ3n) is 6.16. The number of amides is 2. The number of piperidine rings is 1. The Morgan fingerprint density at radius 3 is 2.42 bits per heavy atom. The van der Waals surface area contributed by atoms with E-state index in [9.17, 15) is 22.8 Å². The van der Waals surface area contributed by atoms with Gasteiger partial charge < -0.3 is 9.80 Å². The number of halogens is 3. The Hall–Kier alpha value is -2.87. The molecule has 2 amide bonds. The van der Waals surface area contributed by atoms with Crippen molar-refractivity contribution in [2.24, 2.45) is 0 Å². The number of carbonyl (C=O) groups is 2. The number of nitrogens with zero attached hydrogens (tertiary/aromatic N) is 2. The first kappa shape index (κ1) is 21.4. The zero-order valence-corrected chi connectivity index (χ0v) is 17.2. The summed E-state index contributed by atoms with van der Waals surface area (Å²) < 4.78 is 39.2. The molecule has 2 aliphatic rings. The van der Waals surface area contributed by atoms with Gasteiger partial charge in [0.2, 0.25) is 5.91 Å². The number of rotatable bonds is 3. The number of hydrogen-bond donors (Lipinski definition) is 1. The molecule has 4 rings (SSSR count). The molecule has 2 heterocycles. The smallest absolute Gasteiger partial charge is 0.338 e. The number of aryl methyl sites for hydroxylation is 1. The zero-order valence-electron chi connectivity index (χ0n) is 17.2. The highest BCUT2D eigenvalue weighted by Gasteiger charge is 2.47. The van der Waals surface area contributed by atoms with Gasteiger partial charge in [-0.15, -0.1) is 0 Å². The molecule has 0 radical (unpaired) electrons. The van der Waals surface area contributed by atoms with Crippen molar-refractivity contribution in [1.29, 1.82) is 0 Å². The molecule has 1 spiro atoms. The van der Waals surface area contributed by atoms with Gasteiger partial charge >= 0.3 is 6.18 Å². The molecule has 2 saturated heterocycles. The van der Waals surface area contributed by atoms with E-state index >= 15 is 0 Å². The van der Waals surface area contributed by atoms with Crippen LogP contribution >= 0.6 is 0 Å². The molecule has 2 aromatic carbocycles. The Labute approximate surface area is 178 Å². The summed E-state index contributed by atoms with van der Waals surface area (Å²) >= 11 is 0. The SMILES string of the molecule is Cc1ccc(C(=O)N2CCC3(CC2)NCC(=O)N3Cc2cccc(C(F)(F)F)c2)cc1. The van der Waals surface area contributed by atoms with Crippen LogP contribution in [0.2, 0.25) is 0 Å². The second kappa shape index (κ2) is 8.00. The average molecular weight is 431 g/mol. The van der Waals surface area contributed by atoms with E-state index in [0.717, 1.165) is 17.7 Å². The van der Waals surface area contributed by atoms with E-state index in [2.05, 4.69) is 5.32 Å². The minimum atomic E-state index is -4.43. The molecular weight excluding hydrogens is 407 g/mol. The fourth-order valence-corrected chi connectivity index (χ4v) is 4.34. The summed E-state index contributed by atoms with van der Waals surface area (Å²) in [4.78, 5) is 28.8. The summed E-state index contributed by atoms with van der Waals surface area (Å²) in [6.45, 7) is 3.13. The molecule has 8 heteroatoms. The molecule has 0 atom stereocenters. The molecule has 2 fully saturated rings. The van der Waals surface area contributed by atoms with Gasteiger partial charge in [0, 0.05) is 38.0 Å². The third-order valence-corrected chi connectivity index (χ3v) is 6.16. The first-order valence-electron chi connectivity index (χ1n) is 10.3. The monoisotopic (exact) mass is 431 g/mol. The quantitative estimate of drug-likeness (QED) is 0.809. The second-order valence-corrected chi connectivity index (χ2v) is 8.22. The van der Waals surface area contributed by atoms with Crippen molar-refractivity contribution < 1.29 is 22.8 Å². The van der Waals surface area contributed by atoms with Crippen LogP contribution in [0, 0.1) is 6.92 Å². The third kappa shape index (κ3) is 4.30. The van der Waals surface area contributed by atoms with E-state index in [0.29, 0.717) is 37.1 Å². The molecule has 0 bridgehead atoms. The lowest BCUT2D eigenvalue weighted by Crippen LogP contribution is -2.59. The summed E-state index contributed by atoms with van der Waals surface area (Å²) in [5, 5.41) is 3.26.